The summed E-state index contributed by atoms with van der Waals surface area (Å²) in [7, 11) is 0. The summed E-state index contributed by atoms with van der Waals surface area (Å²) in [5, 5.41) is 0.630. The zero-order valence-corrected chi connectivity index (χ0v) is 10.8. The first-order valence-corrected chi connectivity index (χ1v) is 6.06. The Labute approximate surface area is 113 Å². The Bertz CT molecular complexity index is 526. The number of hydrogen-bond donors (Lipinski definition) is 0. The number of amides is 2. The molecule has 0 bridgehead atoms. The summed E-state index contributed by atoms with van der Waals surface area (Å²) in [6.45, 7) is -0.280. The zero-order valence-electron chi connectivity index (χ0n) is 9.28. The molecule has 2 rings (SSSR count). The van der Waals surface area contributed by atoms with Gasteiger partial charge in [0.05, 0.1) is 11.6 Å². The molecule has 1 aromatic rings. The molecular weight excluding hydrogens is 277 g/mol. The van der Waals surface area contributed by atoms with E-state index in [2.05, 4.69) is 0 Å². The first-order chi connectivity index (χ1) is 8.49. The van der Waals surface area contributed by atoms with Crippen molar-refractivity contribution in [1.29, 1.82) is 0 Å². The Morgan fingerprint density at radius 1 is 1.17 bits per heavy atom. The molecule has 94 valence electrons. The molecule has 2 amide bonds. The summed E-state index contributed by atoms with van der Waals surface area (Å²) in [5.74, 6) is -1.05. The highest BCUT2D eigenvalue weighted by atomic mass is 35.5. The Balaban J connectivity index is 2.19. The van der Waals surface area contributed by atoms with Crippen LogP contribution in [0.5, 0.6) is 0 Å². The number of benzene rings is 1. The molecule has 4 nitrogen and oxygen atoms in total. The van der Waals surface area contributed by atoms with Crippen molar-refractivity contribution >= 4 is 40.8 Å². The van der Waals surface area contributed by atoms with Crippen LogP contribution in [0.1, 0.15) is 23.2 Å². The molecule has 0 aliphatic carbocycles. The van der Waals surface area contributed by atoms with Crippen LogP contribution in [-0.2, 0) is 9.59 Å². The number of imide groups is 1. The molecule has 0 atom stereocenters. The maximum atomic E-state index is 12.0. The van der Waals surface area contributed by atoms with Crippen LogP contribution in [0.4, 0.5) is 0 Å². The fourth-order valence-corrected chi connectivity index (χ4v) is 2.13. The van der Waals surface area contributed by atoms with Crippen LogP contribution in [0.2, 0.25) is 10.0 Å². The number of likely N-dealkylation sites (tertiary alicyclic amines) is 1. The molecule has 0 N–H and O–H groups in total. The molecule has 0 aromatic heterocycles. The molecule has 6 heteroatoms. The van der Waals surface area contributed by atoms with Gasteiger partial charge in [0.1, 0.15) is 0 Å². The number of carbonyl (C=O) groups excluding carboxylic acids is 3. The molecule has 1 heterocycles. The van der Waals surface area contributed by atoms with Crippen molar-refractivity contribution in [3.05, 3.63) is 33.8 Å². The van der Waals surface area contributed by atoms with E-state index in [1.165, 1.54) is 12.1 Å². The van der Waals surface area contributed by atoms with E-state index in [-0.39, 0.29) is 41.8 Å². The Morgan fingerprint density at radius 3 is 2.39 bits per heavy atom. The van der Waals surface area contributed by atoms with E-state index in [9.17, 15) is 14.4 Å². The predicted octanol–water partition coefficient (Wildman–Crippen LogP) is 2.33. The summed E-state index contributed by atoms with van der Waals surface area (Å²) < 4.78 is 0. The molecule has 0 radical (unpaired) electrons. The van der Waals surface area contributed by atoms with Crippen molar-refractivity contribution in [2.75, 3.05) is 6.54 Å². The van der Waals surface area contributed by atoms with E-state index in [0.717, 1.165) is 4.90 Å². The van der Waals surface area contributed by atoms with E-state index >= 15 is 0 Å². The van der Waals surface area contributed by atoms with E-state index < -0.39 is 5.78 Å². The third-order valence-corrected chi connectivity index (χ3v) is 3.25. The van der Waals surface area contributed by atoms with Gasteiger partial charge in [-0.05, 0) is 18.2 Å². The largest absolute Gasteiger partial charge is 0.292 e. The highest BCUT2D eigenvalue weighted by Crippen LogP contribution is 2.22. The molecule has 1 fully saturated rings. The first-order valence-electron chi connectivity index (χ1n) is 5.30. The molecule has 18 heavy (non-hydrogen) atoms. The van der Waals surface area contributed by atoms with Gasteiger partial charge in [-0.25, -0.2) is 0 Å². The van der Waals surface area contributed by atoms with Gasteiger partial charge in [0, 0.05) is 23.4 Å². The lowest BCUT2D eigenvalue weighted by atomic mass is 10.1. The van der Waals surface area contributed by atoms with Gasteiger partial charge < -0.3 is 0 Å². The smallest absolute Gasteiger partial charge is 0.230 e. The number of nitrogens with zero attached hydrogens (tertiary/aromatic N) is 1. The van der Waals surface area contributed by atoms with Crippen LogP contribution >= 0.6 is 23.2 Å². The summed E-state index contributed by atoms with van der Waals surface area (Å²) in [5.41, 5.74) is 0.219. The monoisotopic (exact) mass is 285 g/mol. The van der Waals surface area contributed by atoms with E-state index in [1.54, 1.807) is 6.07 Å². The quantitative estimate of drug-likeness (QED) is 0.633. The Kier molecular flexibility index (Phi) is 3.68. The fraction of sp³-hybridized carbons (Fsp3) is 0.250. The van der Waals surface area contributed by atoms with Gasteiger partial charge >= 0.3 is 0 Å². The second kappa shape index (κ2) is 5.08. The number of rotatable bonds is 3. The average Bonchev–Trinajstić information content (AvgIpc) is 2.64. The Hall–Kier alpha value is -1.39. The van der Waals surface area contributed by atoms with Crippen molar-refractivity contribution < 1.29 is 14.4 Å². The van der Waals surface area contributed by atoms with E-state index in [0.29, 0.717) is 5.02 Å². The minimum absolute atomic E-state index is 0.162. The minimum atomic E-state index is -0.397. The number of Topliss-reactive ketones (excluding diaryl/α,β-unsaturated/α-hetero) is 1. The van der Waals surface area contributed by atoms with Crippen molar-refractivity contribution in [2.24, 2.45) is 0 Å². The number of carbonyl (C=O) groups is 3. The maximum Gasteiger partial charge on any atom is 0.230 e. The lowest BCUT2D eigenvalue weighted by molar-refractivity contribution is -0.137. The summed E-state index contributed by atoms with van der Waals surface area (Å²) in [4.78, 5) is 35.7. The van der Waals surface area contributed by atoms with Gasteiger partial charge in [0.2, 0.25) is 11.8 Å². The van der Waals surface area contributed by atoms with Crippen LogP contribution in [0.3, 0.4) is 0 Å². The lowest BCUT2D eigenvalue weighted by Crippen LogP contribution is -2.34. The van der Waals surface area contributed by atoms with E-state index in [1.807, 2.05) is 0 Å². The fourth-order valence-electron chi connectivity index (χ4n) is 1.74. The topological polar surface area (TPSA) is 54.5 Å². The van der Waals surface area contributed by atoms with E-state index in [4.69, 9.17) is 23.2 Å². The predicted molar refractivity (Wildman–Crippen MR) is 66.7 cm³/mol. The first kappa shape index (κ1) is 13.1. The average molecular weight is 286 g/mol. The summed E-state index contributed by atoms with van der Waals surface area (Å²) >= 11 is 11.7. The van der Waals surface area contributed by atoms with Gasteiger partial charge in [-0.1, -0.05) is 23.2 Å². The van der Waals surface area contributed by atoms with Crippen molar-refractivity contribution in [2.45, 2.75) is 12.8 Å². The standard InChI is InChI=1S/C12H9Cl2NO3/c13-7-1-2-9(14)8(5-7)10(16)6-15-11(17)3-4-12(15)18/h1-2,5H,3-4,6H2. The molecule has 0 spiro atoms. The van der Waals surface area contributed by atoms with Gasteiger partial charge in [-0.15, -0.1) is 0 Å². The molecule has 1 aliphatic rings. The molecule has 0 saturated carbocycles. The molecule has 1 aliphatic heterocycles. The van der Waals surface area contributed by atoms with Crippen LogP contribution in [-0.4, -0.2) is 29.0 Å². The number of halogens is 2. The highest BCUT2D eigenvalue weighted by molar-refractivity contribution is 6.36. The minimum Gasteiger partial charge on any atom is -0.292 e. The van der Waals surface area contributed by atoms with Crippen LogP contribution in [0.25, 0.3) is 0 Å². The third-order valence-electron chi connectivity index (χ3n) is 2.69. The van der Waals surface area contributed by atoms with Crippen LogP contribution < -0.4 is 0 Å². The van der Waals surface area contributed by atoms with Crippen molar-refractivity contribution in [3.8, 4) is 0 Å². The van der Waals surface area contributed by atoms with Gasteiger partial charge in [0.25, 0.3) is 0 Å². The van der Waals surface area contributed by atoms with Gasteiger partial charge in [-0.2, -0.15) is 0 Å². The number of hydrogen-bond acceptors (Lipinski definition) is 3. The maximum absolute atomic E-state index is 12.0. The SMILES string of the molecule is O=C(CN1C(=O)CCC1=O)c1cc(Cl)ccc1Cl. The number of ketones is 1. The third kappa shape index (κ3) is 2.54. The Morgan fingerprint density at radius 2 is 1.78 bits per heavy atom. The second-order valence-corrected chi connectivity index (χ2v) is 4.76. The highest BCUT2D eigenvalue weighted by Gasteiger charge is 2.31. The van der Waals surface area contributed by atoms with Gasteiger partial charge in [0.15, 0.2) is 5.78 Å². The van der Waals surface area contributed by atoms with Gasteiger partial charge in [-0.3, -0.25) is 19.3 Å². The lowest BCUT2D eigenvalue weighted by Gasteiger charge is -2.13. The normalized spacial score (nSPS) is 15.3. The molecule has 1 saturated heterocycles. The second-order valence-electron chi connectivity index (χ2n) is 3.92. The van der Waals surface area contributed by atoms with Crippen LogP contribution in [0, 0.1) is 0 Å². The summed E-state index contributed by atoms with van der Waals surface area (Å²) in [6.07, 6.45) is 0.324. The van der Waals surface area contributed by atoms with Crippen molar-refractivity contribution in [1.82, 2.24) is 4.90 Å². The zero-order chi connectivity index (χ0) is 13.3. The van der Waals surface area contributed by atoms with Crippen molar-refractivity contribution in [3.63, 3.8) is 0 Å². The molecular formula is C12H9Cl2NO3. The molecule has 1 aromatic carbocycles. The summed E-state index contributed by atoms with van der Waals surface area (Å²) in [6, 6.07) is 4.49. The van der Waals surface area contributed by atoms with Crippen LogP contribution in [0.15, 0.2) is 18.2 Å². The molecule has 0 unspecified atom stereocenters.